The van der Waals surface area contributed by atoms with Crippen LogP contribution in [0.15, 0.2) is 35.3 Å². The maximum Gasteiger partial charge on any atom is 0.276 e. The third-order valence-electron chi connectivity index (χ3n) is 5.20. The highest BCUT2D eigenvalue weighted by Gasteiger charge is 2.57. The number of nitrogens with one attached hydrogen (secondary N) is 1. The number of nitrogens with two attached hydrogens (primary N) is 1. The molecule has 3 atom stereocenters. The zero-order chi connectivity index (χ0) is 22.9. The number of nitrogen functional groups attached to an aromatic ring is 1. The number of thiazole rings is 1. The molecule has 0 saturated carbocycles. The summed E-state index contributed by atoms with van der Waals surface area (Å²) in [5, 5.41) is 19.8. The van der Waals surface area contributed by atoms with E-state index in [0.717, 1.165) is 11.3 Å². The summed E-state index contributed by atoms with van der Waals surface area (Å²) in [6.07, 6.45) is 6.42. The summed E-state index contributed by atoms with van der Waals surface area (Å²) in [7, 11) is 1.29. The molecule has 0 radical (unpaired) electrons. The third-order valence-corrected chi connectivity index (χ3v) is 7.46. The van der Waals surface area contributed by atoms with E-state index in [1.54, 1.807) is 34.7 Å². The molecule has 12 nitrogen and oxygen atoms in total. The van der Waals surface area contributed by atoms with E-state index in [-0.39, 0.29) is 41.3 Å². The van der Waals surface area contributed by atoms with Crippen molar-refractivity contribution in [3.8, 4) is 0 Å². The molecule has 0 spiro atoms. The topological polar surface area (TPSA) is 167 Å². The Morgan fingerprint density at radius 3 is 2.84 bits per heavy atom. The highest BCUT2D eigenvalue weighted by Crippen LogP contribution is 2.42. The first-order chi connectivity index (χ1) is 15.3. The van der Waals surface area contributed by atoms with Crippen molar-refractivity contribution in [3.63, 3.8) is 0 Å². The van der Waals surface area contributed by atoms with Crippen LogP contribution in [0.5, 0.6) is 0 Å². The minimum Gasteiger partial charge on any atom is -0.549 e. The van der Waals surface area contributed by atoms with Crippen molar-refractivity contribution in [2.75, 3.05) is 25.1 Å². The number of aliphatic carboxylic acids is 1. The maximum absolute atomic E-state index is 12.8. The van der Waals surface area contributed by atoms with E-state index in [4.69, 9.17) is 10.6 Å². The van der Waals surface area contributed by atoms with Gasteiger partial charge in [0.05, 0.1) is 23.8 Å². The fourth-order valence-corrected chi connectivity index (χ4v) is 5.69. The number of fused-ring (bicyclic) bond motifs is 1. The molecule has 2 saturated heterocycles. The lowest BCUT2D eigenvalue weighted by molar-refractivity contribution is -0.708. The van der Waals surface area contributed by atoms with Gasteiger partial charge in [-0.15, -0.1) is 23.1 Å². The quantitative estimate of drug-likeness (QED) is 0.191. The van der Waals surface area contributed by atoms with Crippen LogP contribution < -0.4 is 20.7 Å². The van der Waals surface area contributed by atoms with Gasteiger partial charge in [0.2, 0.25) is 5.91 Å². The van der Waals surface area contributed by atoms with E-state index in [0.29, 0.717) is 0 Å². The molecule has 2 aliphatic heterocycles. The van der Waals surface area contributed by atoms with Gasteiger partial charge in [0.1, 0.15) is 24.2 Å². The van der Waals surface area contributed by atoms with Crippen molar-refractivity contribution < 1.29 is 28.9 Å². The standard InChI is InChI=1S/C18H19N7O5S2/c1-30-23-11(10-6-31-17(19)21-10)13(26)22-12-14(27)25-8-18(16(28)29,9-32-15(12)25)7-24-4-2-20-3-5-24/h2-6,12,15H,7-9H2,1H3,(H3-,19,21,22,26,28,29)/t12?,15-,18?/m1/s1. The van der Waals surface area contributed by atoms with Crippen molar-refractivity contribution in [2.45, 2.75) is 18.0 Å². The van der Waals surface area contributed by atoms with Gasteiger partial charge in [-0.2, -0.15) is 0 Å². The van der Waals surface area contributed by atoms with Crippen LogP contribution in [0.4, 0.5) is 5.13 Å². The molecular weight excluding hydrogens is 458 g/mol. The van der Waals surface area contributed by atoms with Crippen molar-refractivity contribution in [3.05, 3.63) is 35.9 Å². The second-order valence-corrected chi connectivity index (χ2v) is 9.29. The van der Waals surface area contributed by atoms with Gasteiger partial charge in [-0.05, 0) is 0 Å². The van der Waals surface area contributed by atoms with Gasteiger partial charge in [0.15, 0.2) is 29.8 Å². The Morgan fingerprint density at radius 2 is 2.22 bits per heavy atom. The fraction of sp³-hybridized carbons (Fsp3) is 0.389. The molecule has 4 rings (SSSR count). The number of nitrogens with zero attached hydrogens (tertiary/aromatic N) is 5. The number of rotatable bonds is 7. The number of oxime groups is 1. The van der Waals surface area contributed by atoms with Gasteiger partial charge in [-0.25, -0.2) is 9.55 Å². The normalized spacial score (nSPS) is 25.0. The Balaban J connectivity index is 1.46. The maximum atomic E-state index is 12.8. The van der Waals surface area contributed by atoms with Crippen LogP contribution in [0, 0.1) is 5.41 Å². The lowest BCUT2D eigenvalue weighted by atomic mass is 9.87. The molecule has 4 heterocycles. The number of carboxylic acids is 1. The number of carbonyl (C=O) groups is 3. The Hall–Kier alpha value is -3.26. The molecule has 14 heteroatoms. The third kappa shape index (κ3) is 3.98. The summed E-state index contributed by atoms with van der Waals surface area (Å²) in [5.41, 5.74) is 4.49. The number of carboxylic acid groups (broad SMARTS) is 1. The zero-order valence-electron chi connectivity index (χ0n) is 16.8. The van der Waals surface area contributed by atoms with Gasteiger partial charge in [-0.3, -0.25) is 14.6 Å². The Kier molecular flexibility index (Phi) is 5.97. The summed E-state index contributed by atoms with van der Waals surface area (Å²) >= 11 is 2.42. The average molecular weight is 478 g/mol. The summed E-state index contributed by atoms with van der Waals surface area (Å²) in [6.45, 7) is 0.115. The molecule has 3 N–H and O–H groups in total. The minimum atomic E-state index is -1.27. The summed E-state index contributed by atoms with van der Waals surface area (Å²) < 4.78 is 1.69. The molecule has 0 bridgehead atoms. The molecule has 2 unspecified atom stereocenters. The first-order valence-corrected chi connectivity index (χ1v) is 11.3. The van der Waals surface area contributed by atoms with Crippen LogP contribution in [0.1, 0.15) is 5.69 Å². The van der Waals surface area contributed by atoms with E-state index in [1.165, 1.54) is 23.8 Å². The summed E-state index contributed by atoms with van der Waals surface area (Å²) in [4.78, 5) is 51.7. The van der Waals surface area contributed by atoms with Crippen LogP contribution in [-0.4, -0.2) is 69.2 Å². The van der Waals surface area contributed by atoms with Gasteiger partial charge >= 0.3 is 0 Å². The smallest absolute Gasteiger partial charge is 0.276 e. The molecule has 2 aromatic rings. The van der Waals surface area contributed by atoms with Gasteiger partial charge in [0.25, 0.3) is 5.91 Å². The predicted octanol–water partition coefficient (Wildman–Crippen LogP) is -2.41. The van der Waals surface area contributed by atoms with E-state index in [2.05, 4.69) is 20.4 Å². The van der Waals surface area contributed by atoms with E-state index in [1.807, 2.05) is 0 Å². The summed E-state index contributed by atoms with van der Waals surface area (Å²) in [5.74, 6) is -2.04. The number of anilines is 1. The Morgan fingerprint density at radius 1 is 1.47 bits per heavy atom. The molecule has 2 fully saturated rings. The van der Waals surface area contributed by atoms with Crippen LogP contribution in [0.2, 0.25) is 0 Å². The molecule has 2 aliphatic rings. The molecule has 2 amide bonds. The number of hydrogen-bond donors (Lipinski definition) is 2. The largest absolute Gasteiger partial charge is 0.549 e. The molecule has 32 heavy (non-hydrogen) atoms. The lowest BCUT2D eigenvalue weighted by Crippen LogP contribution is -2.75. The van der Waals surface area contributed by atoms with Gasteiger partial charge < -0.3 is 30.7 Å². The van der Waals surface area contributed by atoms with Crippen molar-refractivity contribution in [2.24, 2.45) is 10.6 Å². The van der Waals surface area contributed by atoms with Crippen molar-refractivity contribution >= 4 is 51.7 Å². The van der Waals surface area contributed by atoms with Crippen molar-refractivity contribution in [1.82, 2.24) is 20.2 Å². The predicted molar refractivity (Wildman–Crippen MR) is 112 cm³/mol. The van der Waals surface area contributed by atoms with E-state index in [9.17, 15) is 19.5 Å². The molecular formula is C18H19N7O5S2. The number of aromatic nitrogens is 3. The van der Waals surface area contributed by atoms with E-state index < -0.39 is 28.7 Å². The average Bonchev–Trinajstić information content (AvgIpc) is 3.22. The summed E-state index contributed by atoms with van der Waals surface area (Å²) in [6, 6.07) is -0.820. The SMILES string of the molecule is CON=C(C(=O)NC1C(=O)N2CC(C[n+]3ccncc3)(C(=O)[O-])CS[C@H]12)c1csc(N)n1. The first kappa shape index (κ1) is 22.0. The number of thioether (sulfide) groups is 1. The van der Waals surface area contributed by atoms with Gasteiger partial charge in [-0.1, -0.05) is 5.16 Å². The first-order valence-electron chi connectivity index (χ1n) is 9.40. The fourth-order valence-electron chi connectivity index (χ4n) is 3.62. The molecule has 0 aromatic carbocycles. The van der Waals surface area contributed by atoms with E-state index >= 15 is 0 Å². The molecule has 0 aliphatic carbocycles. The zero-order valence-corrected chi connectivity index (χ0v) is 18.5. The minimum absolute atomic E-state index is 0.0187. The molecule has 2 aromatic heterocycles. The monoisotopic (exact) mass is 477 g/mol. The Labute approximate surface area is 190 Å². The molecule has 168 valence electrons. The van der Waals surface area contributed by atoms with Crippen molar-refractivity contribution in [1.29, 1.82) is 0 Å². The highest BCUT2D eigenvalue weighted by atomic mass is 32.2. The number of hydrogen-bond acceptors (Lipinski definition) is 11. The Bertz CT molecular complexity index is 1080. The van der Waals surface area contributed by atoms with Crippen LogP contribution in [0.25, 0.3) is 0 Å². The lowest BCUT2D eigenvalue weighted by Gasteiger charge is -2.54. The number of amides is 2. The van der Waals surface area contributed by atoms with Crippen LogP contribution in [-0.2, 0) is 25.8 Å². The second-order valence-electron chi connectivity index (χ2n) is 7.30. The van der Waals surface area contributed by atoms with Gasteiger partial charge in [0, 0.05) is 17.7 Å². The second kappa shape index (κ2) is 8.70. The number of carbonyl (C=O) groups excluding carboxylic acids is 3. The highest BCUT2D eigenvalue weighted by molar-refractivity contribution is 8.00. The van der Waals surface area contributed by atoms with Crippen LogP contribution in [0.3, 0.4) is 0 Å². The van der Waals surface area contributed by atoms with Crippen LogP contribution >= 0.6 is 23.1 Å². The number of β-lactam (4-membered cyclic amide) rings is 1.